The van der Waals surface area contributed by atoms with Gasteiger partial charge in [-0.3, -0.25) is 4.98 Å². The summed E-state index contributed by atoms with van der Waals surface area (Å²) in [5.41, 5.74) is 2.15. The maximum absolute atomic E-state index is 4.29. The van der Waals surface area contributed by atoms with Crippen LogP contribution in [0.5, 0.6) is 0 Å². The second-order valence-electron chi connectivity index (χ2n) is 3.78. The summed E-state index contributed by atoms with van der Waals surface area (Å²) in [4.78, 5) is 12.7. The lowest BCUT2D eigenvalue weighted by atomic mass is 10.2. The number of aryl methyl sites for hydroxylation is 2. The van der Waals surface area contributed by atoms with Gasteiger partial charge in [-0.05, 0) is 41.4 Å². The molecule has 5 heteroatoms. The van der Waals surface area contributed by atoms with Crippen LogP contribution in [0.2, 0.25) is 0 Å². The molecule has 1 N–H and O–H groups in total. The smallest absolute Gasteiger partial charge is 0.131 e. The first-order valence-corrected chi connectivity index (χ1v) is 6.09. The van der Waals surface area contributed by atoms with Crippen LogP contribution in [0.25, 0.3) is 0 Å². The number of rotatable bonds is 3. The molecule has 2 aromatic rings. The first-order valence-electron chi connectivity index (χ1n) is 5.30. The van der Waals surface area contributed by atoms with Crippen molar-refractivity contribution < 1.29 is 0 Å². The lowest BCUT2D eigenvalue weighted by molar-refractivity contribution is 1.00. The van der Waals surface area contributed by atoms with Crippen LogP contribution >= 0.6 is 15.9 Å². The minimum absolute atomic E-state index is 0.705. The normalized spacial score (nSPS) is 10.3. The summed E-state index contributed by atoms with van der Waals surface area (Å²) in [6.07, 6.45) is 1.87. The average Bonchev–Trinajstić information content (AvgIpc) is 2.27. The molecule has 0 amide bonds. The molecule has 4 nitrogen and oxygen atoms in total. The summed E-state index contributed by atoms with van der Waals surface area (Å²) < 4.78 is 0.787. The first kappa shape index (κ1) is 12.0. The maximum Gasteiger partial charge on any atom is 0.131 e. The highest BCUT2D eigenvalue weighted by Crippen LogP contribution is 2.12. The van der Waals surface area contributed by atoms with Crippen LogP contribution in [-0.4, -0.2) is 15.0 Å². The summed E-state index contributed by atoms with van der Waals surface area (Å²) in [5.74, 6) is 1.55. The summed E-state index contributed by atoms with van der Waals surface area (Å²) in [6, 6.07) is 5.91. The van der Waals surface area contributed by atoms with Crippen molar-refractivity contribution in [2.45, 2.75) is 20.4 Å². The van der Waals surface area contributed by atoms with E-state index in [1.807, 2.05) is 32.2 Å². The number of hydrogen-bond donors (Lipinski definition) is 1. The molecule has 0 aromatic carbocycles. The second kappa shape index (κ2) is 5.23. The van der Waals surface area contributed by atoms with Crippen molar-refractivity contribution in [3.63, 3.8) is 0 Å². The van der Waals surface area contributed by atoms with Gasteiger partial charge in [0, 0.05) is 24.5 Å². The highest BCUT2D eigenvalue weighted by atomic mass is 79.9. The van der Waals surface area contributed by atoms with E-state index in [9.17, 15) is 0 Å². The van der Waals surface area contributed by atoms with Gasteiger partial charge >= 0.3 is 0 Å². The average molecular weight is 293 g/mol. The Kier molecular flexibility index (Phi) is 3.68. The Morgan fingerprint density at radius 1 is 1.24 bits per heavy atom. The lowest BCUT2D eigenvalue weighted by Crippen LogP contribution is -2.03. The minimum Gasteiger partial charge on any atom is -0.366 e. The zero-order valence-corrected chi connectivity index (χ0v) is 11.3. The summed E-state index contributed by atoms with van der Waals surface area (Å²) in [6.45, 7) is 4.54. The van der Waals surface area contributed by atoms with Gasteiger partial charge in [-0.2, -0.15) is 0 Å². The van der Waals surface area contributed by atoms with E-state index in [-0.39, 0.29) is 0 Å². The van der Waals surface area contributed by atoms with E-state index in [1.165, 1.54) is 0 Å². The van der Waals surface area contributed by atoms with Crippen LogP contribution in [0, 0.1) is 13.8 Å². The molecule has 2 heterocycles. The molecule has 0 saturated carbocycles. The fourth-order valence-corrected chi connectivity index (χ4v) is 1.89. The van der Waals surface area contributed by atoms with Gasteiger partial charge in [-0.15, -0.1) is 0 Å². The van der Waals surface area contributed by atoms with E-state index in [0.717, 1.165) is 27.5 Å². The van der Waals surface area contributed by atoms with Gasteiger partial charge in [0.15, 0.2) is 0 Å². The van der Waals surface area contributed by atoms with Crippen molar-refractivity contribution in [2.75, 3.05) is 5.32 Å². The van der Waals surface area contributed by atoms with Crippen molar-refractivity contribution in [3.8, 4) is 0 Å². The number of hydrogen-bond acceptors (Lipinski definition) is 4. The molecule has 0 aliphatic rings. The zero-order valence-electron chi connectivity index (χ0n) is 9.74. The molecule has 0 spiro atoms. The monoisotopic (exact) mass is 292 g/mol. The van der Waals surface area contributed by atoms with Gasteiger partial charge < -0.3 is 5.32 Å². The molecule has 0 atom stereocenters. The third kappa shape index (κ3) is 3.49. The van der Waals surface area contributed by atoms with Crippen LogP contribution in [0.1, 0.15) is 17.1 Å². The molecular weight excluding hydrogens is 280 g/mol. The van der Waals surface area contributed by atoms with E-state index < -0.39 is 0 Å². The van der Waals surface area contributed by atoms with Gasteiger partial charge in [0.05, 0.1) is 0 Å². The molecular formula is C12H13BrN4. The highest BCUT2D eigenvalue weighted by molar-refractivity contribution is 9.10. The Morgan fingerprint density at radius 3 is 2.71 bits per heavy atom. The third-order valence-electron chi connectivity index (χ3n) is 2.25. The third-order valence-corrected chi connectivity index (χ3v) is 2.66. The van der Waals surface area contributed by atoms with E-state index in [4.69, 9.17) is 0 Å². The predicted octanol–water partition coefficient (Wildman–Crippen LogP) is 2.86. The van der Waals surface area contributed by atoms with Crippen molar-refractivity contribution in [1.29, 1.82) is 0 Å². The number of aromatic nitrogens is 3. The molecule has 88 valence electrons. The summed E-state index contributed by atoms with van der Waals surface area (Å²) in [7, 11) is 0. The summed E-state index contributed by atoms with van der Waals surface area (Å²) in [5, 5.41) is 3.24. The Hall–Kier alpha value is -1.49. The second-order valence-corrected chi connectivity index (χ2v) is 4.60. The van der Waals surface area contributed by atoms with E-state index >= 15 is 0 Å². The number of pyridine rings is 1. The number of nitrogens with zero attached hydrogens (tertiary/aromatic N) is 3. The lowest BCUT2D eigenvalue weighted by Gasteiger charge is -2.06. The van der Waals surface area contributed by atoms with Crippen LogP contribution in [-0.2, 0) is 6.54 Å². The van der Waals surface area contributed by atoms with Crippen molar-refractivity contribution >= 4 is 21.7 Å². The van der Waals surface area contributed by atoms with Gasteiger partial charge in [0.2, 0.25) is 0 Å². The molecule has 0 aliphatic heterocycles. The molecule has 2 aromatic heterocycles. The Bertz CT molecular complexity index is 490. The molecule has 2 rings (SSSR count). The standard InChI is InChI=1S/C12H13BrN4/c1-8-3-4-10(6-14-8)7-15-12-5-11(13)16-9(2)17-12/h3-6H,7H2,1-2H3,(H,15,16,17). The first-order chi connectivity index (χ1) is 8.13. The fraction of sp³-hybridized carbons (Fsp3) is 0.250. The molecule has 17 heavy (non-hydrogen) atoms. The molecule has 0 unspecified atom stereocenters. The number of halogens is 1. The Morgan fingerprint density at radius 2 is 2.06 bits per heavy atom. The topological polar surface area (TPSA) is 50.7 Å². The van der Waals surface area contributed by atoms with Gasteiger partial charge in [-0.25, -0.2) is 9.97 Å². The summed E-state index contributed by atoms with van der Waals surface area (Å²) >= 11 is 3.35. The molecule has 0 aliphatic carbocycles. The molecule has 0 radical (unpaired) electrons. The van der Waals surface area contributed by atoms with E-state index in [2.05, 4.69) is 42.3 Å². The van der Waals surface area contributed by atoms with Crippen LogP contribution in [0.3, 0.4) is 0 Å². The van der Waals surface area contributed by atoms with Crippen LogP contribution in [0.4, 0.5) is 5.82 Å². The molecule has 0 fully saturated rings. The van der Waals surface area contributed by atoms with Crippen molar-refractivity contribution in [3.05, 3.63) is 46.1 Å². The Balaban J connectivity index is 2.04. The maximum atomic E-state index is 4.29. The van der Waals surface area contributed by atoms with Gasteiger partial charge in [-0.1, -0.05) is 6.07 Å². The number of anilines is 1. The van der Waals surface area contributed by atoms with Gasteiger partial charge in [0.1, 0.15) is 16.2 Å². The van der Waals surface area contributed by atoms with E-state index in [0.29, 0.717) is 6.54 Å². The largest absolute Gasteiger partial charge is 0.366 e. The van der Waals surface area contributed by atoms with Crippen LogP contribution in [0.15, 0.2) is 29.0 Å². The van der Waals surface area contributed by atoms with Crippen molar-refractivity contribution in [1.82, 2.24) is 15.0 Å². The van der Waals surface area contributed by atoms with E-state index in [1.54, 1.807) is 0 Å². The quantitative estimate of drug-likeness (QED) is 0.884. The van der Waals surface area contributed by atoms with Crippen LogP contribution < -0.4 is 5.32 Å². The SMILES string of the molecule is Cc1ccc(CNc2cc(Br)nc(C)n2)cn1. The Labute approximate surface area is 109 Å². The zero-order chi connectivity index (χ0) is 12.3. The molecule has 0 saturated heterocycles. The minimum atomic E-state index is 0.705. The fourth-order valence-electron chi connectivity index (χ4n) is 1.42. The van der Waals surface area contributed by atoms with Gasteiger partial charge in [0.25, 0.3) is 0 Å². The number of nitrogens with one attached hydrogen (secondary N) is 1. The predicted molar refractivity (Wildman–Crippen MR) is 70.8 cm³/mol. The molecule has 0 bridgehead atoms. The highest BCUT2D eigenvalue weighted by Gasteiger charge is 1.99. The van der Waals surface area contributed by atoms with Crippen molar-refractivity contribution in [2.24, 2.45) is 0 Å².